The van der Waals surface area contributed by atoms with E-state index in [4.69, 9.17) is 9.72 Å². The van der Waals surface area contributed by atoms with E-state index in [1.807, 2.05) is 63.2 Å². The number of sulfonamides is 1. The second-order valence-electron chi connectivity index (χ2n) is 10.8. The third-order valence-electron chi connectivity index (χ3n) is 6.09. The topological polar surface area (TPSA) is 110 Å². The monoisotopic (exact) mass is 631 g/mol. The van der Waals surface area contributed by atoms with Gasteiger partial charge in [-0.1, -0.05) is 24.3 Å². The summed E-state index contributed by atoms with van der Waals surface area (Å²) in [7, 11) is -3.44. The average Bonchev–Trinajstić information content (AvgIpc) is 2.87. The van der Waals surface area contributed by atoms with E-state index in [1.54, 1.807) is 12.3 Å². The molecule has 1 heterocycles. The Balaban J connectivity index is 1.60. The highest BCUT2D eigenvalue weighted by Crippen LogP contribution is 2.25. The lowest BCUT2D eigenvalue weighted by Crippen LogP contribution is -2.30. The van der Waals surface area contributed by atoms with Crippen LogP contribution in [0.2, 0.25) is 0 Å². The van der Waals surface area contributed by atoms with Gasteiger partial charge in [0.2, 0.25) is 10.0 Å². The fraction of sp³-hybridized carbons (Fsp3) is 0.433. The maximum absolute atomic E-state index is 12.5. The predicted octanol–water partition coefficient (Wildman–Crippen LogP) is 6.06. The molecule has 0 aliphatic heterocycles. The van der Waals surface area contributed by atoms with Crippen molar-refractivity contribution in [2.75, 3.05) is 12.8 Å². The van der Waals surface area contributed by atoms with Gasteiger partial charge in [-0.25, -0.2) is 18.4 Å². The number of ether oxygens (including phenoxy) is 1. The van der Waals surface area contributed by atoms with E-state index in [0.717, 1.165) is 41.1 Å². The first-order valence-corrected chi connectivity index (χ1v) is 16.0. The molecule has 0 amide bonds. The zero-order valence-corrected chi connectivity index (χ0v) is 26.0. The Morgan fingerprint density at radius 1 is 1.02 bits per heavy atom. The first kappa shape index (κ1) is 31.7. The lowest BCUT2D eigenvalue weighted by Gasteiger charge is -2.21. The largest absolute Gasteiger partial charge is 0.507 e. The molecule has 0 aliphatic carbocycles. The minimum absolute atomic E-state index is 0.222. The minimum Gasteiger partial charge on any atom is -0.507 e. The van der Waals surface area contributed by atoms with Gasteiger partial charge in [-0.15, -0.1) is 0 Å². The predicted molar refractivity (Wildman–Crippen MR) is 160 cm³/mol. The van der Waals surface area contributed by atoms with E-state index in [2.05, 4.69) is 20.9 Å². The van der Waals surface area contributed by atoms with Gasteiger partial charge in [0.15, 0.2) is 0 Å². The molecule has 10 heteroatoms. The van der Waals surface area contributed by atoms with Crippen molar-refractivity contribution in [2.24, 2.45) is 0 Å². The van der Waals surface area contributed by atoms with E-state index >= 15 is 0 Å². The fourth-order valence-corrected chi connectivity index (χ4v) is 5.45. The lowest BCUT2D eigenvalue weighted by molar-refractivity contribution is -0.154. The molecular weight excluding hydrogens is 594 g/mol. The van der Waals surface area contributed by atoms with Crippen LogP contribution < -0.4 is 0 Å². The smallest absolute Gasteiger partial charge is 0.306 e. The molecule has 0 fully saturated rings. The van der Waals surface area contributed by atoms with Gasteiger partial charge in [-0.05, 0) is 97.8 Å². The molecule has 40 heavy (non-hydrogen) atoms. The Morgan fingerprint density at radius 2 is 1.80 bits per heavy atom. The second kappa shape index (κ2) is 14.2. The molecular formula is C30H38BrN3O5S. The van der Waals surface area contributed by atoms with E-state index in [-0.39, 0.29) is 24.7 Å². The van der Waals surface area contributed by atoms with Gasteiger partial charge in [0.25, 0.3) is 0 Å². The number of carbonyl (C=O) groups is 1. The number of halogens is 1. The first-order chi connectivity index (χ1) is 18.8. The quantitative estimate of drug-likeness (QED) is 0.180. The highest BCUT2D eigenvalue weighted by molar-refractivity contribution is 9.10. The summed E-state index contributed by atoms with van der Waals surface area (Å²) in [6, 6.07) is 15.1. The molecule has 0 saturated heterocycles. The van der Waals surface area contributed by atoms with Crippen LogP contribution in [0.15, 0.2) is 59.2 Å². The van der Waals surface area contributed by atoms with Crippen LogP contribution in [0.25, 0.3) is 11.3 Å². The number of phenolic OH excluding ortho intramolecular Hbond substituents is 1. The highest BCUT2D eigenvalue weighted by atomic mass is 79.9. The molecule has 216 valence electrons. The van der Waals surface area contributed by atoms with Crippen molar-refractivity contribution in [1.29, 1.82) is 0 Å². The molecule has 0 bridgehead atoms. The number of benzene rings is 2. The van der Waals surface area contributed by atoms with Gasteiger partial charge in [-0.2, -0.15) is 4.31 Å². The van der Waals surface area contributed by atoms with Crippen LogP contribution >= 0.6 is 15.9 Å². The summed E-state index contributed by atoms with van der Waals surface area (Å²) in [6.07, 6.45) is 6.72. The molecule has 0 radical (unpaired) electrons. The van der Waals surface area contributed by atoms with Crippen LogP contribution in [-0.4, -0.2) is 52.2 Å². The van der Waals surface area contributed by atoms with Crippen LogP contribution in [0.1, 0.15) is 63.4 Å². The molecule has 2 aromatic carbocycles. The minimum atomic E-state index is -3.44. The maximum atomic E-state index is 12.5. The Hall–Kier alpha value is -2.82. The number of carbonyl (C=O) groups excluding carboxylic acids is 1. The summed E-state index contributed by atoms with van der Waals surface area (Å²) in [6.45, 7) is 6.03. The van der Waals surface area contributed by atoms with Crippen molar-refractivity contribution in [3.05, 3.63) is 76.2 Å². The Labute approximate surface area is 246 Å². The van der Waals surface area contributed by atoms with Crippen molar-refractivity contribution in [2.45, 2.75) is 71.4 Å². The molecule has 1 aromatic heterocycles. The van der Waals surface area contributed by atoms with E-state index in [0.29, 0.717) is 30.3 Å². The van der Waals surface area contributed by atoms with Gasteiger partial charge in [-0.3, -0.25) is 4.79 Å². The van der Waals surface area contributed by atoms with Crippen molar-refractivity contribution in [3.8, 4) is 17.0 Å². The number of aromatic hydroxyl groups is 1. The summed E-state index contributed by atoms with van der Waals surface area (Å²) >= 11 is 3.35. The Kier molecular flexibility index (Phi) is 11.2. The summed E-state index contributed by atoms with van der Waals surface area (Å²) in [5.74, 6) is 0.687. The maximum Gasteiger partial charge on any atom is 0.306 e. The third kappa shape index (κ3) is 10.6. The second-order valence-corrected chi connectivity index (χ2v) is 13.7. The van der Waals surface area contributed by atoms with Gasteiger partial charge in [0.05, 0.1) is 16.4 Å². The number of rotatable bonds is 13. The first-order valence-electron chi connectivity index (χ1n) is 13.4. The molecule has 0 unspecified atom stereocenters. The van der Waals surface area contributed by atoms with Gasteiger partial charge >= 0.3 is 5.97 Å². The van der Waals surface area contributed by atoms with Crippen LogP contribution in [0.4, 0.5) is 0 Å². The molecule has 0 saturated carbocycles. The molecule has 3 rings (SSSR count). The SMILES string of the molecule is CC(C)(C)OC(=O)CCCCN(Cc1cccc(-c2ccnc(CCCc3ccc(O)c(Br)c3)n2)c1)S(C)(=O)=O. The number of aromatic nitrogens is 2. The van der Waals surface area contributed by atoms with E-state index in [1.165, 1.54) is 10.6 Å². The normalized spacial score (nSPS) is 12.1. The fourth-order valence-electron chi connectivity index (χ4n) is 4.18. The van der Waals surface area contributed by atoms with Gasteiger partial charge < -0.3 is 9.84 Å². The van der Waals surface area contributed by atoms with Crippen LogP contribution in [-0.2, 0) is 38.9 Å². The number of phenols is 1. The number of aryl methyl sites for hydroxylation is 2. The molecule has 0 aliphatic rings. The van der Waals surface area contributed by atoms with Crippen molar-refractivity contribution >= 4 is 31.9 Å². The zero-order chi connectivity index (χ0) is 29.3. The van der Waals surface area contributed by atoms with Gasteiger partial charge in [0.1, 0.15) is 17.2 Å². The Bertz CT molecular complexity index is 1410. The molecule has 3 aromatic rings. The number of unbranched alkanes of at least 4 members (excludes halogenated alkanes) is 1. The molecule has 0 spiro atoms. The van der Waals surface area contributed by atoms with Gasteiger partial charge in [0, 0.05) is 37.7 Å². The van der Waals surface area contributed by atoms with E-state index < -0.39 is 15.6 Å². The van der Waals surface area contributed by atoms with Crippen LogP contribution in [0, 0.1) is 0 Å². The summed E-state index contributed by atoms with van der Waals surface area (Å²) in [5, 5.41) is 9.68. The van der Waals surface area contributed by atoms with Crippen LogP contribution in [0.5, 0.6) is 5.75 Å². The zero-order valence-electron chi connectivity index (χ0n) is 23.6. The summed E-state index contributed by atoms with van der Waals surface area (Å²) in [4.78, 5) is 21.1. The summed E-state index contributed by atoms with van der Waals surface area (Å²) < 4.78 is 32.4. The lowest BCUT2D eigenvalue weighted by atomic mass is 10.1. The van der Waals surface area contributed by atoms with Crippen molar-refractivity contribution in [3.63, 3.8) is 0 Å². The van der Waals surface area contributed by atoms with E-state index in [9.17, 15) is 18.3 Å². The standard InChI is InChI=1S/C30H38BrN3O5S/c1-30(2,3)39-29(36)13-5-6-18-34(40(4,37)38)21-23-10-7-11-24(19-23)26-16-17-32-28(33-26)12-8-9-22-14-15-27(35)25(31)20-22/h7,10-11,14-17,19-20,35H,5-6,8-9,12-13,18,21H2,1-4H3. The molecule has 8 nitrogen and oxygen atoms in total. The van der Waals surface area contributed by atoms with Crippen molar-refractivity contribution in [1.82, 2.24) is 14.3 Å². The number of hydrogen-bond donors (Lipinski definition) is 1. The number of esters is 1. The summed E-state index contributed by atoms with van der Waals surface area (Å²) in [5.41, 5.74) is 3.11. The average molecular weight is 633 g/mol. The third-order valence-corrected chi connectivity index (χ3v) is 7.98. The number of nitrogens with zero attached hydrogens (tertiary/aromatic N) is 3. The van der Waals surface area contributed by atoms with Crippen LogP contribution in [0.3, 0.4) is 0 Å². The molecule has 0 atom stereocenters. The number of hydrogen-bond acceptors (Lipinski definition) is 7. The Morgan fingerprint density at radius 3 is 2.50 bits per heavy atom. The van der Waals surface area contributed by atoms with Crippen molar-refractivity contribution < 1.29 is 23.1 Å². The molecule has 1 N–H and O–H groups in total. The highest BCUT2D eigenvalue weighted by Gasteiger charge is 2.19.